The van der Waals surface area contributed by atoms with Crippen LogP contribution in [0.15, 0.2) is 6.07 Å². The van der Waals surface area contributed by atoms with E-state index in [1.54, 1.807) is 0 Å². The van der Waals surface area contributed by atoms with Crippen molar-refractivity contribution in [2.24, 2.45) is 0 Å². The molecule has 0 aromatic carbocycles. The molecule has 2 heterocycles. The van der Waals surface area contributed by atoms with E-state index in [2.05, 4.69) is 46.8 Å². The molecule has 0 saturated carbocycles. The summed E-state index contributed by atoms with van der Waals surface area (Å²) < 4.78 is 2.18. The van der Waals surface area contributed by atoms with Crippen molar-refractivity contribution in [3.8, 4) is 0 Å². The average Bonchev–Trinajstić information content (AvgIpc) is 3.14. The van der Waals surface area contributed by atoms with Crippen LogP contribution in [0, 0.1) is 0 Å². The number of nitrogens with zero attached hydrogens (tertiary/aromatic N) is 3. The normalized spacial score (nSPS) is 18.8. The molecule has 4 nitrogen and oxygen atoms in total. The van der Waals surface area contributed by atoms with Crippen LogP contribution in [-0.4, -0.2) is 40.4 Å². The molecule has 0 spiro atoms. The van der Waals surface area contributed by atoms with E-state index in [4.69, 9.17) is 0 Å². The molecular weight excluding hydrogens is 260 g/mol. The quantitative estimate of drug-likeness (QED) is 0.760. The molecule has 1 fully saturated rings. The Hall–Kier alpha value is -0.870. The third-order valence-corrected chi connectivity index (χ3v) is 4.43. The molecular formula is C17H32N4. The molecule has 1 aromatic heterocycles. The SMILES string of the molecule is CCCCN(Cc1cc(CC)nn1CC)CC1CCCN1. The third kappa shape index (κ3) is 4.82. The van der Waals surface area contributed by atoms with Crippen LogP contribution in [0.4, 0.5) is 0 Å². The molecule has 1 unspecified atom stereocenters. The van der Waals surface area contributed by atoms with Gasteiger partial charge < -0.3 is 5.32 Å². The maximum absolute atomic E-state index is 4.69. The van der Waals surface area contributed by atoms with Crippen LogP contribution in [0.3, 0.4) is 0 Å². The molecule has 0 aliphatic carbocycles. The average molecular weight is 292 g/mol. The summed E-state index contributed by atoms with van der Waals surface area (Å²) in [6, 6.07) is 2.98. The van der Waals surface area contributed by atoms with Crippen LogP contribution < -0.4 is 5.32 Å². The molecule has 1 aliphatic heterocycles. The molecule has 1 saturated heterocycles. The van der Waals surface area contributed by atoms with Crippen molar-refractivity contribution in [1.82, 2.24) is 20.0 Å². The Labute approximate surface area is 129 Å². The zero-order valence-corrected chi connectivity index (χ0v) is 14.1. The van der Waals surface area contributed by atoms with Crippen molar-refractivity contribution >= 4 is 0 Å². The topological polar surface area (TPSA) is 33.1 Å². The van der Waals surface area contributed by atoms with Crippen LogP contribution in [0.5, 0.6) is 0 Å². The minimum absolute atomic E-state index is 0.686. The molecule has 2 rings (SSSR count). The second-order valence-corrected chi connectivity index (χ2v) is 6.18. The van der Waals surface area contributed by atoms with Gasteiger partial charge in [-0.1, -0.05) is 20.3 Å². The van der Waals surface area contributed by atoms with E-state index in [0.717, 1.165) is 19.5 Å². The largest absolute Gasteiger partial charge is 0.313 e. The molecule has 4 heteroatoms. The van der Waals surface area contributed by atoms with Gasteiger partial charge in [0.2, 0.25) is 0 Å². The van der Waals surface area contributed by atoms with Crippen molar-refractivity contribution in [3.05, 3.63) is 17.5 Å². The first-order chi connectivity index (χ1) is 10.3. The molecule has 0 amide bonds. The lowest BCUT2D eigenvalue weighted by atomic mass is 10.2. The van der Waals surface area contributed by atoms with Gasteiger partial charge in [0.15, 0.2) is 0 Å². The van der Waals surface area contributed by atoms with Crippen LogP contribution in [-0.2, 0) is 19.5 Å². The lowest BCUT2D eigenvalue weighted by molar-refractivity contribution is 0.231. The highest BCUT2D eigenvalue weighted by Gasteiger charge is 2.19. The summed E-state index contributed by atoms with van der Waals surface area (Å²) in [6.07, 6.45) is 6.24. The minimum Gasteiger partial charge on any atom is -0.313 e. The van der Waals surface area contributed by atoms with E-state index in [1.807, 2.05) is 0 Å². The summed E-state index contributed by atoms with van der Waals surface area (Å²) in [5.74, 6) is 0. The molecule has 0 bridgehead atoms. The Morgan fingerprint density at radius 1 is 1.38 bits per heavy atom. The smallest absolute Gasteiger partial charge is 0.0625 e. The maximum atomic E-state index is 4.69. The lowest BCUT2D eigenvalue weighted by Gasteiger charge is -2.25. The molecule has 21 heavy (non-hydrogen) atoms. The zero-order valence-electron chi connectivity index (χ0n) is 14.1. The van der Waals surface area contributed by atoms with Gasteiger partial charge in [0.25, 0.3) is 0 Å². The van der Waals surface area contributed by atoms with Crippen molar-refractivity contribution < 1.29 is 0 Å². The van der Waals surface area contributed by atoms with Crippen LogP contribution in [0.2, 0.25) is 0 Å². The fourth-order valence-electron chi connectivity index (χ4n) is 3.16. The Morgan fingerprint density at radius 3 is 2.86 bits per heavy atom. The van der Waals surface area contributed by atoms with E-state index >= 15 is 0 Å². The number of nitrogens with one attached hydrogen (secondary N) is 1. The standard InChI is InChI=1S/C17H32N4/c1-4-7-11-20(13-16-9-8-10-18-16)14-17-12-15(5-2)19-21(17)6-3/h12,16,18H,4-11,13-14H2,1-3H3. The zero-order chi connectivity index (χ0) is 15.1. The number of unbranched alkanes of at least 4 members (excludes halogenated alkanes) is 1. The number of rotatable bonds is 9. The first-order valence-corrected chi connectivity index (χ1v) is 8.78. The first kappa shape index (κ1) is 16.5. The monoisotopic (exact) mass is 292 g/mol. The summed E-state index contributed by atoms with van der Waals surface area (Å²) in [5, 5.41) is 8.32. The third-order valence-electron chi connectivity index (χ3n) is 4.43. The minimum atomic E-state index is 0.686. The predicted molar refractivity (Wildman–Crippen MR) is 88.5 cm³/mol. The first-order valence-electron chi connectivity index (χ1n) is 8.78. The molecule has 1 atom stereocenters. The lowest BCUT2D eigenvalue weighted by Crippen LogP contribution is -2.38. The highest BCUT2D eigenvalue weighted by molar-refractivity contribution is 5.10. The maximum Gasteiger partial charge on any atom is 0.0625 e. The highest BCUT2D eigenvalue weighted by atomic mass is 15.3. The van der Waals surface area contributed by atoms with Gasteiger partial charge in [0, 0.05) is 25.7 Å². The molecule has 1 aliphatic rings. The second kappa shape index (κ2) is 8.54. The van der Waals surface area contributed by atoms with Gasteiger partial charge in [-0.15, -0.1) is 0 Å². The van der Waals surface area contributed by atoms with Gasteiger partial charge in [-0.2, -0.15) is 5.10 Å². The van der Waals surface area contributed by atoms with Gasteiger partial charge in [-0.05, 0) is 51.8 Å². The van der Waals surface area contributed by atoms with E-state index < -0.39 is 0 Å². The van der Waals surface area contributed by atoms with Crippen molar-refractivity contribution in [1.29, 1.82) is 0 Å². The van der Waals surface area contributed by atoms with Gasteiger partial charge in [-0.3, -0.25) is 9.58 Å². The second-order valence-electron chi connectivity index (χ2n) is 6.18. The Bertz CT molecular complexity index is 407. The summed E-state index contributed by atoms with van der Waals surface area (Å²) in [7, 11) is 0. The highest BCUT2D eigenvalue weighted by Crippen LogP contribution is 2.13. The molecule has 120 valence electrons. The summed E-state index contributed by atoms with van der Waals surface area (Å²) >= 11 is 0. The molecule has 1 aromatic rings. The fraction of sp³-hybridized carbons (Fsp3) is 0.824. The van der Waals surface area contributed by atoms with Crippen molar-refractivity contribution in [2.75, 3.05) is 19.6 Å². The summed E-state index contributed by atoms with van der Waals surface area (Å²) in [4.78, 5) is 2.62. The van der Waals surface area contributed by atoms with E-state index in [9.17, 15) is 0 Å². The Kier molecular flexibility index (Phi) is 6.71. The summed E-state index contributed by atoms with van der Waals surface area (Å²) in [5.41, 5.74) is 2.60. The van der Waals surface area contributed by atoms with Gasteiger partial charge >= 0.3 is 0 Å². The van der Waals surface area contributed by atoms with Gasteiger partial charge in [0.1, 0.15) is 0 Å². The van der Waals surface area contributed by atoms with Crippen molar-refractivity contribution in [3.63, 3.8) is 0 Å². The Balaban J connectivity index is 2.00. The van der Waals surface area contributed by atoms with Crippen molar-refractivity contribution in [2.45, 2.75) is 72.0 Å². The Morgan fingerprint density at radius 2 is 2.24 bits per heavy atom. The van der Waals surface area contributed by atoms with E-state index in [1.165, 1.54) is 56.7 Å². The van der Waals surface area contributed by atoms with Crippen LogP contribution in [0.1, 0.15) is 57.8 Å². The number of hydrogen-bond donors (Lipinski definition) is 1. The van der Waals surface area contributed by atoms with Gasteiger partial charge in [0.05, 0.1) is 11.4 Å². The van der Waals surface area contributed by atoms with Crippen LogP contribution in [0.25, 0.3) is 0 Å². The van der Waals surface area contributed by atoms with Crippen LogP contribution >= 0.6 is 0 Å². The summed E-state index contributed by atoms with van der Waals surface area (Å²) in [6.45, 7) is 12.2. The fourth-order valence-corrected chi connectivity index (χ4v) is 3.16. The number of hydrogen-bond acceptors (Lipinski definition) is 3. The number of aromatic nitrogens is 2. The van der Waals surface area contributed by atoms with E-state index in [-0.39, 0.29) is 0 Å². The van der Waals surface area contributed by atoms with E-state index in [0.29, 0.717) is 6.04 Å². The number of aryl methyl sites for hydroxylation is 2. The predicted octanol–water partition coefficient (Wildman–Crippen LogP) is 2.82. The molecule has 1 N–H and O–H groups in total. The van der Waals surface area contributed by atoms with Gasteiger partial charge in [-0.25, -0.2) is 0 Å². The molecule has 0 radical (unpaired) electrons.